The average molecular weight is 344 g/mol. The van der Waals surface area contributed by atoms with Crippen molar-refractivity contribution in [2.24, 2.45) is 0 Å². The average Bonchev–Trinajstić information content (AvgIpc) is 3.10. The van der Waals surface area contributed by atoms with Crippen LogP contribution in [0.25, 0.3) is 22.4 Å². The zero-order chi connectivity index (χ0) is 18.1. The van der Waals surface area contributed by atoms with Gasteiger partial charge in [-0.15, -0.1) is 0 Å². The molecule has 0 radical (unpaired) electrons. The number of aromatic nitrogens is 3. The Labute approximate surface area is 152 Å². The van der Waals surface area contributed by atoms with E-state index in [0.29, 0.717) is 5.82 Å². The van der Waals surface area contributed by atoms with E-state index < -0.39 is 0 Å². The van der Waals surface area contributed by atoms with Crippen LogP contribution in [0.5, 0.6) is 0 Å². The molecule has 1 aromatic carbocycles. The van der Waals surface area contributed by atoms with Crippen LogP contribution in [-0.2, 0) is 0 Å². The molecule has 0 aliphatic rings. The Bertz CT molecular complexity index is 1020. The van der Waals surface area contributed by atoms with Crippen molar-refractivity contribution >= 4 is 16.8 Å². The second kappa shape index (κ2) is 6.59. The first-order valence-corrected chi connectivity index (χ1v) is 8.62. The highest BCUT2D eigenvalue weighted by Gasteiger charge is 2.15. The lowest BCUT2D eigenvalue weighted by Gasteiger charge is -2.16. The fraction of sp³-hybridized carbons (Fsp3) is 0.190. The minimum absolute atomic E-state index is 0.0132. The van der Waals surface area contributed by atoms with Crippen LogP contribution in [0.4, 0.5) is 5.82 Å². The van der Waals surface area contributed by atoms with Crippen molar-refractivity contribution in [3.05, 3.63) is 71.9 Å². The third kappa shape index (κ3) is 3.04. The van der Waals surface area contributed by atoms with Crippen molar-refractivity contribution in [3.8, 4) is 11.4 Å². The number of aryl methyl sites for hydroxylation is 1. The first-order valence-electron chi connectivity index (χ1n) is 8.62. The van der Waals surface area contributed by atoms with E-state index in [2.05, 4.69) is 34.3 Å². The summed E-state index contributed by atoms with van der Waals surface area (Å²) in [5.74, 6) is 2.39. The molecule has 130 valence electrons. The molecular formula is C21H20N4O. The van der Waals surface area contributed by atoms with Gasteiger partial charge in [-0.1, -0.05) is 18.2 Å². The van der Waals surface area contributed by atoms with Crippen molar-refractivity contribution < 1.29 is 4.42 Å². The molecule has 0 spiro atoms. The summed E-state index contributed by atoms with van der Waals surface area (Å²) in [6.45, 7) is 6.10. The van der Waals surface area contributed by atoms with Crippen molar-refractivity contribution in [1.82, 2.24) is 15.0 Å². The van der Waals surface area contributed by atoms with Gasteiger partial charge >= 0.3 is 0 Å². The van der Waals surface area contributed by atoms with E-state index >= 15 is 0 Å². The van der Waals surface area contributed by atoms with Crippen LogP contribution >= 0.6 is 0 Å². The van der Waals surface area contributed by atoms with Gasteiger partial charge in [-0.05, 0) is 45.0 Å². The number of fused-ring (bicyclic) bond motifs is 1. The third-order valence-corrected chi connectivity index (χ3v) is 4.55. The largest absolute Gasteiger partial charge is 0.459 e. The smallest absolute Gasteiger partial charge is 0.161 e. The number of para-hydroxylation sites is 1. The summed E-state index contributed by atoms with van der Waals surface area (Å²) in [6, 6.07) is 13.9. The number of pyridine rings is 1. The van der Waals surface area contributed by atoms with Crippen molar-refractivity contribution in [1.29, 1.82) is 0 Å². The summed E-state index contributed by atoms with van der Waals surface area (Å²) in [5.41, 5.74) is 3.82. The molecule has 1 atom stereocenters. The first-order chi connectivity index (χ1) is 12.6. The van der Waals surface area contributed by atoms with Gasteiger partial charge in [0.25, 0.3) is 0 Å². The molecule has 0 fully saturated rings. The van der Waals surface area contributed by atoms with Crippen molar-refractivity contribution in [3.63, 3.8) is 0 Å². The Kier molecular flexibility index (Phi) is 4.13. The van der Waals surface area contributed by atoms with Gasteiger partial charge in [0, 0.05) is 34.6 Å². The summed E-state index contributed by atoms with van der Waals surface area (Å²) in [4.78, 5) is 13.4. The van der Waals surface area contributed by atoms with Gasteiger partial charge in [-0.3, -0.25) is 4.98 Å². The first kappa shape index (κ1) is 16.3. The molecule has 3 aromatic heterocycles. The fourth-order valence-electron chi connectivity index (χ4n) is 2.89. The number of nitrogens with one attached hydrogen (secondary N) is 1. The summed E-state index contributed by atoms with van der Waals surface area (Å²) >= 11 is 0. The normalized spacial score (nSPS) is 12.3. The topological polar surface area (TPSA) is 63.8 Å². The summed E-state index contributed by atoms with van der Waals surface area (Å²) in [5, 5.41) is 4.58. The molecule has 3 heterocycles. The molecule has 0 bridgehead atoms. The molecular weight excluding hydrogens is 324 g/mol. The predicted octanol–water partition coefficient (Wildman–Crippen LogP) is 5.07. The van der Waals surface area contributed by atoms with Crippen LogP contribution in [-0.4, -0.2) is 15.0 Å². The number of hydrogen-bond donors (Lipinski definition) is 1. The van der Waals surface area contributed by atoms with Crippen molar-refractivity contribution in [2.45, 2.75) is 26.8 Å². The molecule has 0 amide bonds. The van der Waals surface area contributed by atoms with Crippen molar-refractivity contribution in [2.75, 3.05) is 5.32 Å². The van der Waals surface area contributed by atoms with Gasteiger partial charge in [-0.25, -0.2) is 9.97 Å². The Morgan fingerprint density at radius 2 is 1.77 bits per heavy atom. The summed E-state index contributed by atoms with van der Waals surface area (Å²) in [7, 11) is 0. The Balaban J connectivity index is 1.67. The van der Waals surface area contributed by atoms with E-state index in [1.807, 2.05) is 44.2 Å². The SMILES string of the molecule is Cc1nc(-c2ccncc2)nc(N[C@H](C)c2cc3ccccc3o2)c1C. The second-order valence-corrected chi connectivity index (χ2v) is 6.39. The number of nitrogens with zero attached hydrogens (tertiary/aromatic N) is 3. The monoisotopic (exact) mass is 344 g/mol. The maximum atomic E-state index is 5.97. The lowest BCUT2D eigenvalue weighted by Crippen LogP contribution is -2.10. The maximum Gasteiger partial charge on any atom is 0.161 e. The van der Waals surface area contributed by atoms with E-state index in [1.165, 1.54) is 0 Å². The van der Waals surface area contributed by atoms with E-state index in [9.17, 15) is 0 Å². The molecule has 0 saturated carbocycles. The lowest BCUT2D eigenvalue weighted by molar-refractivity contribution is 0.525. The Hall–Kier alpha value is -3.21. The van der Waals surface area contributed by atoms with E-state index in [0.717, 1.165) is 39.4 Å². The molecule has 1 N–H and O–H groups in total. The number of hydrogen-bond acceptors (Lipinski definition) is 5. The van der Waals surface area contributed by atoms with Crippen LogP contribution in [0.3, 0.4) is 0 Å². The molecule has 5 nitrogen and oxygen atoms in total. The summed E-state index contributed by atoms with van der Waals surface area (Å²) < 4.78 is 5.97. The molecule has 0 aliphatic carbocycles. The van der Waals surface area contributed by atoms with Crippen LogP contribution in [0.1, 0.15) is 30.0 Å². The minimum Gasteiger partial charge on any atom is -0.459 e. The Morgan fingerprint density at radius 1 is 1.00 bits per heavy atom. The Morgan fingerprint density at radius 3 is 2.54 bits per heavy atom. The standard InChI is InChI=1S/C21H20N4O/c1-13-14(2)23-21(16-8-10-22-11-9-16)25-20(13)24-15(3)19-12-17-6-4-5-7-18(17)26-19/h4-12,15H,1-3H3,(H,23,24,25)/t15-/m1/s1. The molecule has 0 unspecified atom stereocenters. The lowest BCUT2D eigenvalue weighted by atomic mass is 10.1. The zero-order valence-electron chi connectivity index (χ0n) is 15.0. The van der Waals surface area contributed by atoms with Gasteiger partial charge in [0.1, 0.15) is 17.2 Å². The molecule has 5 heteroatoms. The van der Waals surface area contributed by atoms with Crippen LogP contribution in [0, 0.1) is 13.8 Å². The molecule has 4 rings (SSSR count). The third-order valence-electron chi connectivity index (χ3n) is 4.55. The van der Waals surface area contributed by atoms with Gasteiger partial charge in [0.2, 0.25) is 0 Å². The van der Waals surface area contributed by atoms with Crippen LogP contribution in [0.15, 0.2) is 59.3 Å². The van der Waals surface area contributed by atoms with Gasteiger partial charge in [-0.2, -0.15) is 0 Å². The highest BCUT2D eigenvalue weighted by Crippen LogP contribution is 2.28. The van der Waals surface area contributed by atoms with Crippen LogP contribution < -0.4 is 5.32 Å². The molecule has 0 saturated heterocycles. The highest BCUT2D eigenvalue weighted by molar-refractivity contribution is 5.78. The van der Waals surface area contributed by atoms with Gasteiger partial charge < -0.3 is 9.73 Å². The number of anilines is 1. The number of rotatable bonds is 4. The van der Waals surface area contributed by atoms with E-state index in [1.54, 1.807) is 12.4 Å². The van der Waals surface area contributed by atoms with E-state index in [4.69, 9.17) is 9.40 Å². The molecule has 0 aliphatic heterocycles. The zero-order valence-corrected chi connectivity index (χ0v) is 15.0. The fourth-order valence-corrected chi connectivity index (χ4v) is 2.89. The second-order valence-electron chi connectivity index (χ2n) is 6.39. The maximum absolute atomic E-state index is 5.97. The number of benzene rings is 1. The minimum atomic E-state index is -0.0132. The quantitative estimate of drug-likeness (QED) is 0.559. The number of furan rings is 1. The highest BCUT2D eigenvalue weighted by atomic mass is 16.3. The predicted molar refractivity (Wildman–Crippen MR) is 103 cm³/mol. The molecule has 26 heavy (non-hydrogen) atoms. The van der Waals surface area contributed by atoms with Gasteiger partial charge in [0.05, 0.1) is 6.04 Å². The molecule has 4 aromatic rings. The van der Waals surface area contributed by atoms with Crippen LogP contribution in [0.2, 0.25) is 0 Å². The summed E-state index contributed by atoms with van der Waals surface area (Å²) in [6.07, 6.45) is 3.50. The van der Waals surface area contributed by atoms with E-state index in [-0.39, 0.29) is 6.04 Å². The van der Waals surface area contributed by atoms with Gasteiger partial charge in [0.15, 0.2) is 5.82 Å².